The summed E-state index contributed by atoms with van der Waals surface area (Å²) in [6.45, 7) is 13.7. The van der Waals surface area contributed by atoms with Crippen molar-refractivity contribution in [1.82, 2.24) is 4.90 Å². The number of terminal acetylenes is 1. The highest BCUT2D eigenvalue weighted by molar-refractivity contribution is 5.59. The van der Waals surface area contributed by atoms with Crippen molar-refractivity contribution in [3.8, 4) is 12.8 Å². The summed E-state index contributed by atoms with van der Waals surface area (Å²) in [6, 6.07) is 4.93. The van der Waals surface area contributed by atoms with Crippen molar-refractivity contribution >= 4 is 5.69 Å². The first-order valence-electron chi connectivity index (χ1n) is 13.3. The number of allylic oxidation sites excluding steroid dienone is 1. The number of fused-ring (bicyclic) bond motifs is 1. The third-order valence-corrected chi connectivity index (χ3v) is 8.27. The average molecular weight is 435 g/mol. The molecule has 4 rings (SSSR count). The van der Waals surface area contributed by atoms with Gasteiger partial charge in [-0.2, -0.15) is 0 Å². The smallest absolute Gasteiger partial charge is 0.0432 e. The maximum Gasteiger partial charge on any atom is 0.0432 e. The van der Waals surface area contributed by atoms with Crippen LogP contribution in [0.4, 0.5) is 5.69 Å². The van der Waals surface area contributed by atoms with Crippen molar-refractivity contribution in [3.05, 3.63) is 41.1 Å². The molecule has 0 aromatic heterocycles. The van der Waals surface area contributed by atoms with Crippen LogP contribution in [0.5, 0.6) is 0 Å². The lowest BCUT2D eigenvalue weighted by molar-refractivity contribution is 0.313. The molecular formula is C30H46N2. The zero-order valence-corrected chi connectivity index (χ0v) is 20.9. The van der Waals surface area contributed by atoms with Crippen LogP contribution in [0.25, 0.3) is 0 Å². The van der Waals surface area contributed by atoms with Gasteiger partial charge in [0.1, 0.15) is 0 Å². The van der Waals surface area contributed by atoms with Gasteiger partial charge in [-0.25, -0.2) is 0 Å². The number of benzene rings is 1. The van der Waals surface area contributed by atoms with Crippen LogP contribution in [0.3, 0.4) is 0 Å². The van der Waals surface area contributed by atoms with E-state index < -0.39 is 0 Å². The Labute approximate surface area is 198 Å². The molecule has 0 spiro atoms. The maximum atomic E-state index is 4.33. The molecule has 1 aromatic carbocycles. The zero-order chi connectivity index (χ0) is 22.9. The van der Waals surface area contributed by atoms with Crippen LogP contribution in [0.15, 0.2) is 24.4 Å². The summed E-state index contributed by atoms with van der Waals surface area (Å²) in [5.41, 5.74) is 7.55. The van der Waals surface area contributed by atoms with E-state index in [-0.39, 0.29) is 0 Å². The van der Waals surface area contributed by atoms with Crippen LogP contribution in [0.2, 0.25) is 0 Å². The van der Waals surface area contributed by atoms with Crippen molar-refractivity contribution in [1.29, 1.82) is 0 Å². The average Bonchev–Trinajstić information content (AvgIpc) is 2.86. The van der Waals surface area contributed by atoms with E-state index in [1.807, 2.05) is 0 Å². The molecule has 0 saturated heterocycles. The summed E-state index contributed by atoms with van der Waals surface area (Å²) in [6.07, 6.45) is 24.7. The highest BCUT2D eigenvalue weighted by Gasteiger charge is 2.25. The van der Waals surface area contributed by atoms with E-state index >= 15 is 0 Å². The molecule has 32 heavy (non-hydrogen) atoms. The van der Waals surface area contributed by atoms with Gasteiger partial charge in [-0.1, -0.05) is 58.1 Å². The molecule has 2 saturated carbocycles. The number of nitrogens with zero attached hydrogens (tertiary/aromatic N) is 2. The second kappa shape index (κ2) is 12.4. The number of rotatable bonds is 7. The Bertz CT molecular complexity index is 730. The Balaban J connectivity index is 0.00000141. The van der Waals surface area contributed by atoms with Crippen molar-refractivity contribution in [3.63, 3.8) is 0 Å². The highest BCUT2D eigenvalue weighted by atomic mass is 15.1. The van der Waals surface area contributed by atoms with Crippen LogP contribution in [0.1, 0.15) is 94.2 Å². The predicted octanol–water partition coefficient (Wildman–Crippen LogP) is 7.49. The topological polar surface area (TPSA) is 6.48 Å². The molecule has 0 amide bonds. The predicted molar refractivity (Wildman–Crippen MR) is 140 cm³/mol. The molecule has 3 aliphatic rings. The first kappa shape index (κ1) is 24.8. The Morgan fingerprint density at radius 2 is 1.53 bits per heavy atom. The van der Waals surface area contributed by atoms with Gasteiger partial charge >= 0.3 is 0 Å². The lowest BCUT2D eigenvalue weighted by atomic mass is 9.86. The molecule has 2 heteroatoms. The van der Waals surface area contributed by atoms with E-state index in [4.69, 9.17) is 0 Å². The minimum atomic E-state index is 0.897. The fourth-order valence-electron chi connectivity index (χ4n) is 6.25. The summed E-state index contributed by atoms with van der Waals surface area (Å²) >= 11 is 0. The zero-order valence-electron chi connectivity index (χ0n) is 20.9. The van der Waals surface area contributed by atoms with Crippen molar-refractivity contribution < 1.29 is 0 Å². The number of anilines is 1. The quantitative estimate of drug-likeness (QED) is 0.410. The van der Waals surface area contributed by atoms with Crippen molar-refractivity contribution in [2.24, 2.45) is 11.8 Å². The summed E-state index contributed by atoms with van der Waals surface area (Å²) in [4.78, 5) is 5.35. The molecule has 2 nitrogen and oxygen atoms in total. The standard InChI is InChI=1S/C28H44N2.C2H2/c1-4-22(2)29-18-17-26-15-16-28(23(3)27(26)21-29)30(19-24-11-7-5-8-12-24)20-25-13-9-6-10-14-25;1-2/h15-16,24-25H,2,4-14,17-21H2,1,3H3;1-2H. The van der Waals surface area contributed by atoms with Crippen LogP contribution in [-0.2, 0) is 13.0 Å². The first-order chi connectivity index (χ1) is 15.7. The molecule has 176 valence electrons. The SMILES string of the molecule is C#C.C=C(CC)N1CCc2ccc(N(CC3CCCCC3)CC3CCCCC3)c(C)c2C1. The molecule has 1 heterocycles. The van der Waals surface area contributed by atoms with Gasteiger partial charge in [0.05, 0.1) is 0 Å². The molecule has 1 aliphatic heterocycles. The largest absolute Gasteiger partial charge is 0.371 e. The van der Waals surface area contributed by atoms with Gasteiger partial charge in [-0.3, -0.25) is 0 Å². The second-order valence-corrected chi connectivity index (χ2v) is 10.4. The Morgan fingerprint density at radius 1 is 0.969 bits per heavy atom. The fraction of sp³-hybridized carbons (Fsp3) is 0.667. The molecule has 1 aromatic rings. The van der Waals surface area contributed by atoms with E-state index in [1.165, 1.54) is 95.1 Å². The lowest BCUT2D eigenvalue weighted by Gasteiger charge is -2.38. The minimum absolute atomic E-state index is 0.897. The van der Waals surface area contributed by atoms with Gasteiger partial charge in [0.25, 0.3) is 0 Å². The third kappa shape index (κ3) is 6.12. The van der Waals surface area contributed by atoms with E-state index in [1.54, 1.807) is 16.7 Å². The summed E-state index contributed by atoms with van der Waals surface area (Å²) in [5, 5.41) is 0. The van der Waals surface area contributed by atoms with Gasteiger partial charge < -0.3 is 9.80 Å². The van der Waals surface area contributed by atoms with Crippen LogP contribution >= 0.6 is 0 Å². The van der Waals surface area contributed by atoms with Gasteiger partial charge in [0.15, 0.2) is 0 Å². The fourth-order valence-corrected chi connectivity index (χ4v) is 6.25. The van der Waals surface area contributed by atoms with Gasteiger partial charge in [-0.05, 0) is 80.0 Å². The van der Waals surface area contributed by atoms with Gasteiger partial charge in [-0.15, -0.1) is 12.8 Å². The number of hydrogen-bond acceptors (Lipinski definition) is 2. The molecule has 0 N–H and O–H groups in total. The van der Waals surface area contributed by atoms with E-state index in [9.17, 15) is 0 Å². The highest BCUT2D eigenvalue weighted by Crippen LogP contribution is 2.35. The number of hydrogen-bond donors (Lipinski definition) is 0. The van der Waals surface area contributed by atoms with Crippen molar-refractivity contribution in [2.45, 2.75) is 97.4 Å². The Kier molecular flexibility index (Phi) is 9.58. The van der Waals surface area contributed by atoms with Crippen LogP contribution < -0.4 is 4.90 Å². The molecule has 0 unspecified atom stereocenters. The van der Waals surface area contributed by atoms with Crippen molar-refractivity contribution in [2.75, 3.05) is 24.5 Å². The summed E-state index contributed by atoms with van der Waals surface area (Å²) in [5.74, 6) is 1.79. The van der Waals surface area contributed by atoms with E-state index in [0.29, 0.717) is 0 Å². The molecule has 0 bridgehead atoms. The molecule has 2 aliphatic carbocycles. The molecule has 0 radical (unpaired) electrons. The molecule has 2 fully saturated rings. The monoisotopic (exact) mass is 434 g/mol. The summed E-state index contributed by atoms with van der Waals surface area (Å²) in [7, 11) is 0. The summed E-state index contributed by atoms with van der Waals surface area (Å²) < 4.78 is 0. The Morgan fingerprint density at radius 3 is 2.06 bits per heavy atom. The second-order valence-electron chi connectivity index (χ2n) is 10.4. The van der Waals surface area contributed by atoms with Crippen LogP contribution in [0, 0.1) is 31.6 Å². The van der Waals surface area contributed by atoms with E-state index in [0.717, 1.165) is 31.3 Å². The van der Waals surface area contributed by atoms with E-state index in [2.05, 4.69) is 55.2 Å². The third-order valence-electron chi connectivity index (χ3n) is 8.27. The lowest BCUT2D eigenvalue weighted by Crippen LogP contribution is -2.36. The normalized spacial score (nSPS) is 19.6. The van der Waals surface area contributed by atoms with Gasteiger partial charge in [0, 0.05) is 37.6 Å². The van der Waals surface area contributed by atoms with Crippen LogP contribution in [-0.4, -0.2) is 24.5 Å². The maximum absolute atomic E-state index is 4.33. The van der Waals surface area contributed by atoms with Gasteiger partial charge in [0.2, 0.25) is 0 Å². The molecule has 0 atom stereocenters. The minimum Gasteiger partial charge on any atom is -0.371 e. The Hall–Kier alpha value is -1.88. The first-order valence-corrected chi connectivity index (χ1v) is 13.3. The molecular weight excluding hydrogens is 388 g/mol.